The number of aliphatic hydroxyl groups is 2. The summed E-state index contributed by atoms with van der Waals surface area (Å²) in [5, 5.41) is 27.6. The summed E-state index contributed by atoms with van der Waals surface area (Å²) in [6.45, 7) is 1.92. The minimum absolute atomic E-state index is 0.176. The number of carbonyl (C=O) groups is 1. The van der Waals surface area contributed by atoms with E-state index in [-0.39, 0.29) is 6.42 Å². The molecule has 26 heavy (non-hydrogen) atoms. The maximum atomic E-state index is 10.3. The lowest BCUT2D eigenvalue weighted by atomic mass is 10.2. The monoisotopic (exact) mass is 360 g/mol. The van der Waals surface area contributed by atoms with E-state index in [1.165, 1.54) is 0 Å². The van der Waals surface area contributed by atoms with E-state index in [1.807, 2.05) is 61.6 Å². The van der Waals surface area contributed by atoms with Gasteiger partial charge in [-0.05, 0) is 32.1 Å². The fourth-order valence-corrected chi connectivity index (χ4v) is 1.82. The minimum Gasteiger partial charge on any atom is -0.481 e. The number of carboxylic acid groups (broad SMARTS) is 1. The summed E-state index contributed by atoms with van der Waals surface area (Å²) in [6.07, 6.45) is 25.3. The van der Waals surface area contributed by atoms with Crippen molar-refractivity contribution in [1.82, 2.24) is 0 Å². The molecule has 3 N–H and O–H groups in total. The van der Waals surface area contributed by atoms with Crippen molar-refractivity contribution >= 4 is 5.97 Å². The normalized spacial score (nSPS) is 15.5. The van der Waals surface area contributed by atoms with Crippen molar-refractivity contribution in [3.63, 3.8) is 0 Å². The van der Waals surface area contributed by atoms with Gasteiger partial charge in [-0.3, -0.25) is 4.79 Å². The first kappa shape index (κ1) is 23.8. The Morgan fingerprint density at radius 3 is 2.04 bits per heavy atom. The first-order chi connectivity index (χ1) is 12.6. The Bertz CT molecular complexity index is 524. The number of rotatable bonds is 14. The molecular weight excluding hydrogens is 328 g/mol. The number of hydrogen-bond donors (Lipinski definition) is 3. The van der Waals surface area contributed by atoms with Crippen molar-refractivity contribution in [1.29, 1.82) is 0 Å². The van der Waals surface area contributed by atoms with Gasteiger partial charge >= 0.3 is 5.97 Å². The smallest absolute Gasteiger partial charge is 0.303 e. The molecule has 0 amide bonds. The summed E-state index contributed by atoms with van der Waals surface area (Å²) < 4.78 is 0. The Balaban J connectivity index is 3.79. The van der Waals surface area contributed by atoms with Gasteiger partial charge in [0.05, 0.1) is 12.2 Å². The van der Waals surface area contributed by atoms with Gasteiger partial charge in [-0.15, -0.1) is 0 Å². The zero-order chi connectivity index (χ0) is 19.5. The lowest BCUT2D eigenvalue weighted by molar-refractivity contribution is -0.136. The van der Waals surface area contributed by atoms with Crippen LogP contribution >= 0.6 is 0 Å². The molecule has 4 nitrogen and oxygen atoms in total. The SMILES string of the molecule is CC[C@H](O)/C=C/C=C\C[C@H](O)/C=C/C=C\C/C=C\C/C=C\CCC(=O)O. The first-order valence-electron chi connectivity index (χ1n) is 9.10. The average molecular weight is 360 g/mol. The molecule has 0 aromatic heterocycles. The maximum absolute atomic E-state index is 10.3. The predicted molar refractivity (Wildman–Crippen MR) is 108 cm³/mol. The topological polar surface area (TPSA) is 77.8 Å². The zero-order valence-corrected chi connectivity index (χ0v) is 15.6. The van der Waals surface area contributed by atoms with Crippen LogP contribution in [0.15, 0.2) is 72.9 Å². The number of carboxylic acids is 1. The summed E-state index contributed by atoms with van der Waals surface area (Å²) in [5.74, 6) is -0.770. The second-order valence-electron chi connectivity index (χ2n) is 5.75. The lowest BCUT2D eigenvalue weighted by Crippen LogP contribution is -1.99. The third-order valence-electron chi connectivity index (χ3n) is 3.36. The third kappa shape index (κ3) is 18.2. The van der Waals surface area contributed by atoms with Gasteiger partial charge in [-0.25, -0.2) is 0 Å². The van der Waals surface area contributed by atoms with Crippen molar-refractivity contribution in [3.05, 3.63) is 72.9 Å². The Labute approximate surface area is 157 Å². The molecule has 0 heterocycles. The largest absolute Gasteiger partial charge is 0.481 e. The highest BCUT2D eigenvalue weighted by Gasteiger charge is 1.93. The van der Waals surface area contributed by atoms with Crippen LogP contribution in [0.4, 0.5) is 0 Å². The van der Waals surface area contributed by atoms with Gasteiger partial charge < -0.3 is 15.3 Å². The molecule has 0 aliphatic rings. The van der Waals surface area contributed by atoms with Crippen LogP contribution in [0.1, 0.15) is 45.4 Å². The molecule has 0 spiro atoms. The summed E-state index contributed by atoms with van der Waals surface area (Å²) in [4.78, 5) is 10.3. The van der Waals surface area contributed by atoms with Crippen LogP contribution in [0.25, 0.3) is 0 Å². The number of aliphatic carboxylic acids is 1. The average Bonchev–Trinajstić information content (AvgIpc) is 2.61. The molecule has 144 valence electrons. The molecule has 2 atom stereocenters. The zero-order valence-electron chi connectivity index (χ0n) is 15.6. The fraction of sp³-hybridized carbons (Fsp3) is 0.409. The second kappa shape index (κ2) is 17.6. The van der Waals surface area contributed by atoms with Gasteiger partial charge in [0.1, 0.15) is 0 Å². The first-order valence-corrected chi connectivity index (χ1v) is 9.10. The molecule has 0 rings (SSSR count). The van der Waals surface area contributed by atoms with Crippen molar-refractivity contribution in [2.45, 2.75) is 57.7 Å². The molecule has 0 saturated heterocycles. The Hall–Kier alpha value is -2.17. The highest BCUT2D eigenvalue weighted by atomic mass is 16.4. The molecule has 0 aromatic carbocycles. The number of allylic oxidation sites excluding steroid dienone is 9. The quantitative estimate of drug-likeness (QED) is 0.315. The number of aliphatic hydroxyl groups excluding tert-OH is 2. The van der Waals surface area contributed by atoms with E-state index in [4.69, 9.17) is 5.11 Å². The van der Waals surface area contributed by atoms with E-state index < -0.39 is 18.2 Å². The van der Waals surface area contributed by atoms with E-state index in [2.05, 4.69) is 0 Å². The van der Waals surface area contributed by atoms with E-state index >= 15 is 0 Å². The van der Waals surface area contributed by atoms with E-state index in [9.17, 15) is 15.0 Å². The molecule has 0 saturated carbocycles. The molecule has 4 heteroatoms. The molecular formula is C22H32O4. The highest BCUT2D eigenvalue weighted by Crippen LogP contribution is 1.99. The Morgan fingerprint density at radius 2 is 1.38 bits per heavy atom. The Kier molecular flexibility index (Phi) is 16.2. The molecule has 0 aromatic rings. The highest BCUT2D eigenvalue weighted by molar-refractivity contribution is 5.66. The van der Waals surface area contributed by atoms with Gasteiger partial charge in [-0.2, -0.15) is 0 Å². The van der Waals surface area contributed by atoms with Gasteiger partial charge in [0.25, 0.3) is 0 Å². The standard InChI is InChI=1S/C22H32O4/c1-2-20(23)16-13-11-14-18-21(24)17-12-9-7-5-3-4-6-8-10-15-19-22(25)26/h3-4,7-14,16-17,20-21,23-24H,2,5-6,15,18-19H2,1H3,(H,25,26)/b4-3-,9-7-,10-8-,14-11-,16-13+,17-12+/t20-,21+/m0/s1. The van der Waals surface area contributed by atoms with Crippen LogP contribution < -0.4 is 0 Å². The van der Waals surface area contributed by atoms with Crippen LogP contribution in [0.2, 0.25) is 0 Å². The minimum atomic E-state index is -0.770. The summed E-state index contributed by atoms with van der Waals surface area (Å²) in [6, 6.07) is 0. The molecule has 0 unspecified atom stereocenters. The van der Waals surface area contributed by atoms with E-state index in [1.54, 1.807) is 18.2 Å². The van der Waals surface area contributed by atoms with Crippen molar-refractivity contribution < 1.29 is 20.1 Å². The summed E-state index contributed by atoms with van der Waals surface area (Å²) in [7, 11) is 0. The molecule has 0 aliphatic heterocycles. The fourth-order valence-electron chi connectivity index (χ4n) is 1.82. The van der Waals surface area contributed by atoms with Crippen molar-refractivity contribution in [2.24, 2.45) is 0 Å². The summed E-state index contributed by atoms with van der Waals surface area (Å²) in [5.41, 5.74) is 0. The van der Waals surface area contributed by atoms with Gasteiger partial charge in [0, 0.05) is 6.42 Å². The lowest BCUT2D eigenvalue weighted by Gasteiger charge is -1.99. The molecule has 0 fully saturated rings. The van der Waals surface area contributed by atoms with Crippen LogP contribution in [0, 0.1) is 0 Å². The van der Waals surface area contributed by atoms with Crippen LogP contribution in [0.3, 0.4) is 0 Å². The maximum Gasteiger partial charge on any atom is 0.303 e. The third-order valence-corrected chi connectivity index (χ3v) is 3.36. The van der Waals surface area contributed by atoms with Crippen LogP contribution in [-0.2, 0) is 4.79 Å². The van der Waals surface area contributed by atoms with Crippen LogP contribution in [0.5, 0.6) is 0 Å². The van der Waals surface area contributed by atoms with Gasteiger partial charge in [-0.1, -0.05) is 79.8 Å². The predicted octanol–water partition coefficient (Wildman–Crippen LogP) is 4.49. The Morgan fingerprint density at radius 1 is 0.808 bits per heavy atom. The summed E-state index contributed by atoms with van der Waals surface area (Å²) >= 11 is 0. The molecule has 0 aliphatic carbocycles. The van der Waals surface area contributed by atoms with E-state index in [0.29, 0.717) is 19.3 Å². The second-order valence-corrected chi connectivity index (χ2v) is 5.75. The molecule has 0 radical (unpaired) electrons. The van der Waals surface area contributed by atoms with Crippen LogP contribution in [-0.4, -0.2) is 33.5 Å². The molecule has 0 bridgehead atoms. The van der Waals surface area contributed by atoms with Crippen molar-refractivity contribution in [2.75, 3.05) is 0 Å². The van der Waals surface area contributed by atoms with Gasteiger partial charge in [0.15, 0.2) is 0 Å². The van der Waals surface area contributed by atoms with E-state index in [0.717, 1.165) is 12.8 Å². The van der Waals surface area contributed by atoms with Crippen molar-refractivity contribution in [3.8, 4) is 0 Å². The number of hydrogen-bond acceptors (Lipinski definition) is 3. The van der Waals surface area contributed by atoms with Gasteiger partial charge in [0.2, 0.25) is 0 Å².